The van der Waals surface area contributed by atoms with Crippen LogP contribution in [0.5, 0.6) is 0 Å². The molecule has 132 valence electrons. The van der Waals surface area contributed by atoms with Crippen LogP contribution in [0.2, 0.25) is 0 Å². The minimum Gasteiger partial charge on any atom is -0.457 e. The highest BCUT2D eigenvalue weighted by atomic mass is 16.5. The van der Waals surface area contributed by atoms with E-state index in [1.54, 1.807) is 19.3 Å². The molecule has 0 amide bonds. The van der Waals surface area contributed by atoms with Gasteiger partial charge in [0.25, 0.3) is 5.56 Å². The Balaban J connectivity index is 1.69. The SMILES string of the molecule is Cc1cc(N2CCC[C@@H](OC(=O)c3ccn(C)c(=O)c3)C2)nc(C)n1. The van der Waals surface area contributed by atoms with Gasteiger partial charge in [-0.3, -0.25) is 4.79 Å². The molecule has 1 aliphatic heterocycles. The third-order valence-electron chi connectivity index (χ3n) is 4.27. The number of pyridine rings is 1. The minimum absolute atomic E-state index is 0.221. The normalized spacial score (nSPS) is 17.4. The molecule has 25 heavy (non-hydrogen) atoms. The zero-order valence-electron chi connectivity index (χ0n) is 14.7. The molecule has 0 spiro atoms. The van der Waals surface area contributed by atoms with E-state index in [4.69, 9.17) is 4.74 Å². The molecule has 2 aromatic rings. The predicted octanol–water partition coefficient (Wildman–Crippen LogP) is 1.62. The topological polar surface area (TPSA) is 77.3 Å². The number of piperidine rings is 1. The Labute approximate surface area is 146 Å². The summed E-state index contributed by atoms with van der Waals surface area (Å²) in [6.07, 6.45) is 3.06. The zero-order chi connectivity index (χ0) is 18.0. The van der Waals surface area contributed by atoms with E-state index in [1.165, 1.54) is 10.6 Å². The van der Waals surface area contributed by atoms with Gasteiger partial charge in [0.15, 0.2) is 0 Å². The fourth-order valence-electron chi connectivity index (χ4n) is 3.00. The van der Waals surface area contributed by atoms with Crippen molar-refractivity contribution in [2.75, 3.05) is 18.0 Å². The average Bonchev–Trinajstić information content (AvgIpc) is 2.56. The van der Waals surface area contributed by atoms with Crippen LogP contribution in [-0.2, 0) is 11.8 Å². The van der Waals surface area contributed by atoms with Crippen molar-refractivity contribution in [1.29, 1.82) is 0 Å². The fraction of sp³-hybridized carbons (Fsp3) is 0.444. The molecule has 0 radical (unpaired) electrons. The quantitative estimate of drug-likeness (QED) is 0.789. The number of esters is 1. The molecule has 0 saturated carbocycles. The number of anilines is 1. The Morgan fingerprint density at radius 3 is 2.80 bits per heavy atom. The van der Waals surface area contributed by atoms with E-state index in [0.29, 0.717) is 6.54 Å². The molecule has 1 fully saturated rings. The van der Waals surface area contributed by atoms with E-state index in [2.05, 4.69) is 14.9 Å². The van der Waals surface area contributed by atoms with Crippen molar-refractivity contribution >= 4 is 11.8 Å². The highest BCUT2D eigenvalue weighted by Gasteiger charge is 2.25. The van der Waals surface area contributed by atoms with Crippen LogP contribution in [0.3, 0.4) is 0 Å². The first-order chi connectivity index (χ1) is 11.9. The Morgan fingerprint density at radius 1 is 1.28 bits per heavy atom. The summed E-state index contributed by atoms with van der Waals surface area (Å²) in [4.78, 5) is 34.9. The third-order valence-corrected chi connectivity index (χ3v) is 4.27. The summed E-state index contributed by atoms with van der Waals surface area (Å²) in [7, 11) is 1.64. The molecule has 0 N–H and O–H groups in total. The zero-order valence-corrected chi connectivity index (χ0v) is 14.7. The lowest BCUT2D eigenvalue weighted by Crippen LogP contribution is -2.41. The van der Waals surface area contributed by atoms with Crippen LogP contribution in [-0.4, -0.2) is 39.7 Å². The second-order valence-electron chi connectivity index (χ2n) is 6.39. The largest absolute Gasteiger partial charge is 0.457 e. The van der Waals surface area contributed by atoms with E-state index in [9.17, 15) is 9.59 Å². The van der Waals surface area contributed by atoms with Gasteiger partial charge < -0.3 is 14.2 Å². The lowest BCUT2D eigenvalue weighted by atomic mass is 10.1. The maximum atomic E-state index is 12.3. The fourth-order valence-corrected chi connectivity index (χ4v) is 3.00. The van der Waals surface area contributed by atoms with Gasteiger partial charge in [-0.05, 0) is 32.8 Å². The summed E-state index contributed by atoms with van der Waals surface area (Å²) in [5.74, 6) is 1.13. The number of hydrogen-bond acceptors (Lipinski definition) is 6. The summed E-state index contributed by atoms with van der Waals surface area (Å²) in [5.41, 5.74) is 0.974. The summed E-state index contributed by atoms with van der Waals surface area (Å²) >= 11 is 0. The molecule has 0 aliphatic carbocycles. The number of nitrogens with zero attached hydrogens (tertiary/aromatic N) is 4. The minimum atomic E-state index is -0.459. The average molecular weight is 342 g/mol. The van der Waals surface area contributed by atoms with E-state index in [-0.39, 0.29) is 17.2 Å². The van der Waals surface area contributed by atoms with Crippen LogP contribution in [0.25, 0.3) is 0 Å². The Kier molecular flexibility index (Phi) is 4.83. The maximum Gasteiger partial charge on any atom is 0.338 e. The maximum absolute atomic E-state index is 12.3. The van der Waals surface area contributed by atoms with Crippen molar-refractivity contribution in [3.63, 3.8) is 0 Å². The molecular formula is C18H22N4O3. The molecule has 3 heterocycles. The van der Waals surface area contributed by atoms with Crippen LogP contribution in [0.15, 0.2) is 29.2 Å². The molecule has 2 aromatic heterocycles. The van der Waals surface area contributed by atoms with Crippen LogP contribution in [0.1, 0.15) is 34.7 Å². The number of aryl methyl sites for hydroxylation is 3. The van der Waals surface area contributed by atoms with Crippen LogP contribution in [0.4, 0.5) is 5.82 Å². The van der Waals surface area contributed by atoms with Crippen molar-refractivity contribution in [3.8, 4) is 0 Å². The molecule has 0 aromatic carbocycles. The Hall–Kier alpha value is -2.70. The van der Waals surface area contributed by atoms with Gasteiger partial charge in [0.1, 0.15) is 17.7 Å². The Morgan fingerprint density at radius 2 is 2.08 bits per heavy atom. The molecule has 7 nitrogen and oxygen atoms in total. The van der Waals surface area contributed by atoms with Gasteiger partial charge in [-0.2, -0.15) is 0 Å². The first-order valence-corrected chi connectivity index (χ1v) is 8.37. The summed E-state index contributed by atoms with van der Waals surface area (Å²) in [5, 5.41) is 0. The predicted molar refractivity (Wildman–Crippen MR) is 93.8 cm³/mol. The van der Waals surface area contributed by atoms with Gasteiger partial charge in [0, 0.05) is 37.6 Å². The molecule has 1 saturated heterocycles. The van der Waals surface area contributed by atoms with Crippen LogP contribution >= 0.6 is 0 Å². The summed E-state index contributed by atoms with van der Waals surface area (Å²) < 4.78 is 7.03. The first kappa shape index (κ1) is 17.1. The highest BCUT2D eigenvalue weighted by Crippen LogP contribution is 2.21. The molecule has 0 unspecified atom stereocenters. The number of rotatable bonds is 3. The van der Waals surface area contributed by atoms with E-state index < -0.39 is 5.97 Å². The number of carbonyl (C=O) groups is 1. The molecule has 3 rings (SSSR count). The van der Waals surface area contributed by atoms with Gasteiger partial charge in [0.2, 0.25) is 0 Å². The summed E-state index contributed by atoms with van der Waals surface area (Å²) in [6, 6.07) is 4.85. The van der Waals surface area contributed by atoms with E-state index >= 15 is 0 Å². The number of hydrogen-bond donors (Lipinski definition) is 0. The second-order valence-corrected chi connectivity index (χ2v) is 6.39. The van der Waals surface area contributed by atoms with E-state index in [1.807, 2.05) is 19.9 Å². The molecule has 1 atom stereocenters. The van der Waals surface area contributed by atoms with Gasteiger partial charge in [-0.15, -0.1) is 0 Å². The molecule has 1 aliphatic rings. The molecule has 0 bridgehead atoms. The van der Waals surface area contributed by atoms with Crippen molar-refractivity contribution in [3.05, 3.63) is 51.8 Å². The number of carbonyl (C=O) groups excluding carboxylic acids is 1. The van der Waals surface area contributed by atoms with Gasteiger partial charge in [0.05, 0.1) is 12.1 Å². The van der Waals surface area contributed by atoms with Crippen molar-refractivity contribution in [2.24, 2.45) is 7.05 Å². The first-order valence-electron chi connectivity index (χ1n) is 8.37. The molecule has 7 heteroatoms. The lowest BCUT2D eigenvalue weighted by molar-refractivity contribution is 0.0269. The van der Waals surface area contributed by atoms with Crippen LogP contribution < -0.4 is 10.5 Å². The van der Waals surface area contributed by atoms with E-state index in [0.717, 1.165) is 36.7 Å². The number of ether oxygens (including phenoxy) is 1. The monoisotopic (exact) mass is 342 g/mol. The van der Waals surface area contributed by atoms with Crippen molar-refractivity contribution < 1.29 is 9.53 Å². The van der Waals surface area contributed by atoms with Gasteiger partial charge in [-0.25, -0.2) is 14.8 Å². The van der Waals surface area contributed by atoms with Crippen molar-refractivity contribution in [2.45, 2.75) is 32.8 Å². The summed E-state index contributed by atoms with van der Waals surface area (Å²) in [6.45, 7) is 5.27. The number of aromatic nitrogens is 3. The van der Waals surface area contributed by atoms with Crippen molar-refractivity contribution in [1.82, 2.24) is 14.5 Å². The second kappa shape index (κ2) is 7.04. The standard InChI is InChI=1S/C18H22N4O3/c1-12-9-16(20-13(2)19-12)22-7-4-5-15(11-22)25-18(24)14-6-8-21(3)17(23)10-14/h6,8-10,15H,4-5,7,11H2,1-3H3/t15-/m1/s1. The van der Waals surface area contributed by atoms with Gasteiger partial charge >= 0.3 is 5.97 Å². The highest BCUT2D eigenvalue weighted by molar-refractivity contribution is 5.89. The lowest BCUT2D eigenvalue weighted by Gasteiger charge is -2.33. The van der Waals surface area contributed by atoms with Gasteiger partial charge in [-0.1, -0.05) is 0 Å². The molecular weight excluding hydrogens is 320 g/mol. The Bertz CT molecular complexity index is 826. The smallest absolute Gasteiger partial charge is 0.338 e. The third kappa shape index (κ3) is 4.04. The van der Waals surface area contributed by atoms with Crippen LogP contribution in [0, 0.1) is 13.8 Å².